The molecule has 1 atom stereocenters. The summed E-state index contributed by atoms with van der Waals surface area (Å²) in [7, 11) is 4.13. The summed E-state index contributed by atoms with van der Waals surface area (Å²) in [6.45, 7) is 28.1. The fourth-order valence-corrected chi connectivity index (χ4v) is 16.8. The number of Topliss-reactive ketones (excluding diaryl/α,β-unsaturated/α-hetero) is 2. The maximum atomic E-state index is 14.1. The zero-order valence-electron chi connectivity index (χ0n) is 57.9. The molecule has 0 radical (unpaired) electrons. The van der Waals surface area contributed by atoms with Crippen molar-refractivity contribution >= 4 is 155 Å². The number of nitrogens with zero attached hydrogens (tertiary/aromatic N) is 2. The van der Waals surface area contributed by atoms with Crippen molar-refractivity contribution in [3.63, 3.8) is 0 Å². The Balaban J connectivity index is 0.000000175. The van der Waals surface area contributed by atoms with Crippen molar-refractivity contribution in [2.45, 2.75) is 65.3 Å². The van der Waals surface area contributed by atoms with Crippen LogP contribution in [-0.4, -0.2) is 51.0 Å². The second kappa shape index (κ2) is 40.6. The number of rotatable bonds is 18. The number of thiophene rings is 6. The maximum absolute atomic E-state index is 14.1. The molecule has 0 bridgehead atoms. The van der Waals surface area contributed by atoms with Crippen LogP contribution in [0.2, 0.25) is 0 Å². The SMILES string of the molecule is C=C(O)c1ccc(C(F)(F)c2ccc(Br)s2)cc1.C=C(O)c1ccc(C(c2ccc(Br)s2)N(C)C)cc1.C=C(O)c1ccc(Cc2ccc(Br)s2)cc1.CC(=O)c1ccc(C#Cc2ccc(C)s2)cc1.CC(=O)c1ccc(CCc2ccc(C)s2)cc1.[C-]#[N+]c1ccc(Cc2ccc(C(=C)O)cc2)s1. The number of carbonyl (C=O) groups is 2. The highest BCUT2D eigenvalue weighted by Crippen LogP contribution is 2.41. The third kappa shape index (κ3) is 26.5. The second-order valence-corrected chi connectivity index (χ2v) is 34.8. The van der Waals surface area contributed by atoms with E-state index in [9.17, 15) is 33.7 Å². The summed E-state index contributed by atoms with van der Waals surface area (Å²) >= 11 is 19.7. The number of aliphatic hydroxyl groups excluding tert-OH is 4. The summed E-state index contributed by atoms with van der Waals surface area (Å²) in [6, 6.07) is 67.9. The van der Waals surface area contributed by atoms with Crippen molar-refractivity contribution in [1.82, 2.24) is 4.90 Å². The predicted octanol–water partition coefficient (Wildman–Crippen LogP) is 26.6. The summed E-state index contributed by atoms with van der Waals surface area (Å²) in [4.78, 5) is 36.7. The average Bonchev–Trinajstić information content (AvgIpc) is 1.50. The van der Waals surface area contributed by atoms with Gasteiger partial charge in [-0.1, -0.05) is 178 Å². The van der Waals surface area contributed by atoms with Gasteiger partial charge < -0.3 is 20.4 Å². The molecule has 0 saturated heterocycles. The molecule has 6 aromatic heterocycles. The minimum Gasteiger partial charge on any atom is -0.508 e. The molecule has 0 aliphatic rings. The Bertz CT molecular complexity index is 4950. The molecule has 532 valence electrons. The minimum absolute atomic E-state index is 0.0232. The molecule has 4 N–H and O–H groups in total. The zero-order chi connectivity index (χ0) is 75.6. The Morgan fingerprint density at radius 2 is 0.894 bits per heavy atom. The normalized spacial score (nSPS) is 10.8. The van der Waals surface area contributed by atoms with Gasteiger partial charge in [-0.3, -0.25) is 14.5 Å². The Morgan fingerprint density at radius 1 is 0.471 bits per heavy atom. The van der Waals surface area contributed by atoms with Gasteiger partial charge in [-0.15, -0.1) is 56.7 Å². The fourth-order valence-electron chi connectivity index (χ4n) is 9.76. The number of hydrogen-bond donors (Lipinski definition) is 4. The van der Waals surface area contributed by atoms with Crippen molar-refractivity contribution in [2.75, 3.05) is 14.1 Å². The maximum Gasteiger partial charge on any atom is 0.307 e. The second-order valence-electron chi connectivity index (χ2n) is 23.5. The number of alkyl halides is 2. The summed E-state index contributed by atoms with van der Waals surface area (Å²) < 4.78 is 31.2. The first kappa shape index (κ1) is 82.6. The highest BCUT2D eigenvalue weighted by atomic mass is 79.9. The Hall–Kier alpha value is -8.67. The molecule has 6 heterocycles. The van der Waals surface area contributed by atoms with Crippen LogP contribution in [0, 0.1) is 32.3 Å². The number of aryl methyl sites for hydroxylation is 4. The first-order valence-electron chi connectivity index (χ1n) is 32.1. The van der Waals surface area contributed by atoms with Gasteiger partial charge in [0.05, 0.1) is 33.7 Å². The molecule has 0 amide bonds. The molecule has 0 saturated carbocycles. The monoisotopic (exact) mass is 1690 g/mol. The van der Waals surface area contributed by atoms with E-state index in [0.29, 0.717) is 9.35 Å². The molecular formula is C85H75Br3F2N2O6S6. The van der Waals surface area contributed by atoms with Crippen LogP contribution in [0.25, 0.3) is 27.9 Å². The Morgan fingerprint density at radius 3 is 1.31 bits per heavy atom. The van der Waals surface area contributed by atoms with E-state index in [1.165, 1.54) is 87.6 Å². The smallest absolute Gasteiger partial charge is 0.307 e. The largest absolute Gasteiger partial charge is 0.508 e. The van der Waals surface area contributed by atoms with E-state index in [1.54, 1.807) is 53.9 Å². The van der Waals surface area contributed by atoms with Gasteiger partial charge >= 0.3 is 5.92 Å². The molecule has 19 heteroatoms. The first-order valence-corrected chi connectivity index (χ1v) is 39.3. The van der Waals surface area contributed by atoms with Gasteiger partial charge in [0.25, 0.3) is 0 Å². The topological polar surface area (TPSA) is 123 Å². The lowest BCUT2D eigenvalue weighted by molar-refractivity contribution is 0.0469. The summed E-state index contributed by atoms with van der Waals surface area (Å²) in [6.07, 6.45) is 3.86. The van der Waals surface area contributed by atoms with E-state index in [2.05, 4.69) is 178 Å². The lowest BCUT2D eigenvalue weighted by Crippen LogP contribution is -2.20. The van der Waals surface area contributed by atoms with Crippen LogP contribution in [0.1, 0.15) is 135 Å². The Kier molecular flexibility index (Phi) is 32.2. The number of ketones is 2. The number of carbonyl (C=O) groups excluding carboxylic acids is 2. The van der Waals surface area contributed by atoms with E-state index >= 15 is 0 Å². The Labute approximate surface area is 657 Å². The summed E-state index contributed by atoms with van der Waals surface area (Å²) in [5.41, 5.74) is 9.93. The van der Waals surface area contributed by atoms with E-state index < -0.39 is 5.92 Å². The molecule has 6 aromatic carbocycles. The van der Waals surface area contributed by atoms with Gasteiger partial charge in [-0.25, -0.2) is 4.85 Å². The van der Waals surface area contributed by atoms with Gasteiger partial charge in [0.2, 0.25) is 5.00 Å². The molecule has 0 aliphatic carbocycles. The number of aliphatic hydroxyl groups is 4. The third-order valence-corrected chi connectivity index (χ3v) is 23.2. The molecule has 0 spiro atoms. The van der Waals surface area contributed by atoms with Gasteiger partial charge in [0, 0.05) is 81.7 Å². The summed E-state index contributed by atoms with van der Waals surface area (Å²) in [5, 5.41) is 37.7. The van der Waals surface area contributed by atoms with Crippen molar-refractivity contribution in [2.24, 2.45) is 0 Å². The van der Waals surface area contributed by atoms with Crippen LogP contribution in [0.4, 0.5) is 13.8 Å². The first-order chi connectivity index (χ1) is 49.5. The molecule has 104 heavy (non-hydrogen) atoms. The lowest BCUT2D eigenvalue weighted by atomic mass is 10.0. The van der Waals surface area contributed by atoms with Crippen LogP contribution in [0.5, 0.6) is 0 Å². The molecular weight excluding hydrogens is 1620 g/mol. The molecule has 1 unspecified atom stereocenters. The van der Waals surface area contributed by atoms with Crippen LogP contribution >= 0.6 is 116 Å². The molecule has 12 aromatic rings. The van der Waals surface area contributed by atoms with Gasteiger partial charge in [0.1, 0.15) is 23.0 Å². The van der Waals surface area contributed by atoms with Crippen LogP contribution < -0.4 is 0 Å². The molecule has 0 fully saturated rings. The average molecular weight is 1690 g/mol. The number of halogens is 5. The quantitative estimate of drug-likeness (QED) is 0.0292. The zero-order valence-corrected chi connectivity index (χ0v) is 67.5. The van der Waals surface area contributed by atoms with Crippen molar-refractivity contribution in [1.29, 1.82) is 0 Å². The van der Waals surface area contributed by atoms with Crippen LogP contribution in [0.15, 0.2) is 256 Å². The standard InChI is InChI=1S/C15H16BrNOS.C15H16OS.C15H12OS.C14H11NOS.C13H9BrF2OS.C13H11BrOS/c1-10(18)11-4-6-12(7-5-11)15(17(2)3)13-8-9-14(16)19-13;2*1-11-3-9-15(17-11)10-6-13-4-7-14(8-5-13)12(2)16;1-10(16)12-5-3-11(4-6-12)9-13-7-8-14(15-2)17-13;1-8(17)9-2-4-10(5-3-9)13(15,16)11-6-7-12(14)18-11;1-9(15)11-4-2-10(3-5-11)8-12-6-7-13(14)16-12/h4-9,15,18H,1H2,2-3H3;3-5,7-9H,6,10H2,1-2H3;3-5,7-9H,1-2H3;3-8,16H,1,9H2;2-7,17H,1H2;2-7,15H,1,8H2. The molecule has 8 nitrogen and oxygen atoms in total. The van der Waals surface area contributed by atoms with Crippen LogP contribution in [0.3, 0.4) is 0 Å². The van der Waals surface area contributed by atoms with Crippen molar-refractivity contribution in [3.05, 3.63) is 373 Å². The van der Waals surface area contributed by atoms with Gasteiger partial charge in [0.15, 0.2) is 11.6 Å². The third-order valence-electron chi connectivity index (χ3n) is 15.3. The fraction of sp³-hybridized carbons (Fsp3) is 0.141. The van der Waals surface area contributed by atoms with Crippen molar-refractivity contribution in [3.8, 4) is 11.8 Å². The van der Waals surface area contributed by atoms with E-state index in [0.717, 1.165) is 93.4 Å². The molecule has 0 aliphatic heterocycles. The number of hydrogen-bond acceptors (Lipinski definition) is 13. The molecule has 12 rings (SSSR count). The van der Waals surface area contributed by atoms with Crippen molar-refractivity contribution < 1.29 is 38.8 Å². The summed E-state index contributed by atoms with van der Waals surface area (Å²) in [5.74, 6) is 3.55. The van der Waals surface area contributed by atoms with E-state index in [4.69, 9.17) is 11.7 Å². The minimum atomic E-state index is -3.04. The lowest BCUT2D eigenvalue weighted by Gasteiger charge is -2.23. The van der Waals surface area contributed by atoms with E-state index in [1.807, 2.05) is 139 Å². The predicted molar refractivity (Wildman–Crippen MR) is 448 cm³/mol. The highest BCUT2D eigenvalue weighted by molar-refractivity contribution is 9.11. The highest BCUT2D eigenvalue weighted by Gasteiger charge is 2.35. The van der Waals surface area contributed by atoms with Crippen LogP contribution in [-0.2, 0) is 31.6 Å². The van der Waals surface area contributed by atoms with Gasteiger partial charge in [-0.2, -0.15) is 20.1 Å². The number of benzene rings is 6. The van der Waals surface area contributed by atoms with Gasteiger partial charge in [-0.05, 0) is 208 Å². The van der Waals surface area contributed by atoms with E-state index in [-0.39, 0.29) is 51.1 Å².